The molecule has 2 saturated heterocycles. The van der Waals surface area contributed by atoms with Crippen molar-refractivity contribution in [2.45, 2.75) is 62.9 Å². The zero-order valence-electron chi connectivity index (χ0n) is 11.0. The van der Waals surface area contributed by atoms with Crippen LogP contribution >= 0.6 is 0 Å². The lowest BCUT2D eigenvalue weighted by Gasteiger charge is -2.43. The largest absolute Gasteiger partial charge is 0.406 e. The number of likely N-dealkylation sites (tertiary alicyclic amines) is 1. The molecule has 2 aliphatic rings. The van der Waals surface area contributed by atoms with Crippen molar-refractivity contribution < 1.29 is 23.0 Å². The van der Waals surface area contributed by atoms with Crippen molar-refractivity contribution >= 4 is 0 Å². The lowest BCUT2D eigenvalue weighted by Crippen LogP contribution is -2.58. The number of halogens is 3. The minimum Gasteiger partial charge on any atom is -0.396 e. The third-order valence-electron chi connectivity index (χ3n) is 4.14. The van der Waals surface area contributed by atoms with Gasteiger partial charge in [0.15, 0.2) is 0 Å². The van der Waals surface area contributed by atoms with Crippen LogP contribution in [0.3, 0.4) is 0 Å². The molecular weight excluding hydrogens is 259 g/mol. The lowest BCUT2D eigenvalue weighted by molar-refractivity contribution is -0.219. The molecule has 0 amide bonds. The summed E-state index contributed by atoms with van der Waals surface area (Å²) in [5.74, 6) is 0. The van der Waals surface area contributed by atoms with Gasteiger partial charge in [-0.25, -0.2) is 0 Å². The van der Waals surface area contributed by atoms with E-state index in [-0.39, 0.29) is 12.6 Å². The van der Waals surface area contributed by atoms with Crippen LogP contribution in [0.2, 0.25) is 0 Å². The lowest BCUT2D eigenvalue weighted by atomic mass is 9.94. The highest BCUT2D eigenvalue weighted by Crippen LogP contribution is 2.36. The molecule has 0 spiro atoms. The Morgan fingerprint density at radius 1 is 1.21 bits per heavy atom. The van der Waals surface area contributed by atoms with Crippen LogP contribution in [0.15, 0.2) is 0 Å². The maximum absolute atomic E-state index is 13.4. The van der Waals surface area contributed by atoms with Crippen molar-refractivity contribution in [1.82, 2.24) is 4.90 Å². The van der Waals surface area contributed by atoms with Crippen LogP contribution in [0.5, 0.6) is 0 Å². The molecule has 19 heavy (non-hydrogen) atoms. The van der Waals surface area contributed by atoms with E-state index in [0.717, 1.165) is 19.3 Å². The van der Waals surface area contributed by atoms with E-state index < -0.39 is 18.3 Å². The van der Waals surface area contributed by atoms with Crippen molar-refractivity contribution in [1.29, 1.82) is 0 Å². The van der Waals surface area contributed by atoms with Crippen molar-refractivity contribution in [2.75, 3.05) is 19.8 Å². The topological polar surface area (TPSA) is 32.7 Å². The smallest absolute Gasteiger partial charge is 0.396 e. The summed E-state index contributed by atoms with van der Waals surface area (Å²) in [5, 5.41) is 9.05. The van der Waals surface area contributed by atoms with Gasteiger partial charge >= 0.3 is 6.18 Å². The predicted octanol–water partition coefficient (Wildman–Crippen LogP) is 2.33. The zero-order valence-corrected chi connectivity index (χ0v) is 11.0. The van der Waals surface area contributed by atoms with Gasteiger partial charge in [-0.3, -0.25) is 4.90 Å². The molecule has 0 radical (unpaired) electrons. The summed E-state index contributed by atoms with van der Waals surface area (Å²) in [6.45, 7) is 0.821. The van der Waals surface area contributed by atoms with Crippen molar-refractivity contribution in [3.63, 3.8) is 0 Å². The van der Waals surface area contributed by atoms with Crippen LogP contribution in [-0.2, 0) is 4.74 Å². The highest BCUT2D eigenvalue weighted by Gasteiger charge is 2.51. The molecule has 1 N–H and O–H groups in total. The average molecular weight is 281 g/mol. The number of rotatable bonds is 4. The number of aliphatic hydroxyl groups is 1. The number of hydrogen-bond donors (Lipinski definition) is 1. The van der Waals surface area contributed by atoms with Crippen molar-refractivity contribution in [2.24, 2.45) is 0 Å². The third kappa shape index (κ3) is 3.61. The highest BCUT2D eigenvalue weighted by molar-refractivity contribution is 4.93. The monoisotopic (exact) mass is 281 g/mol. The van der Waals surface area contributed by atoms with Gasteiger partial charge in [0.25, 0.3) is 0 Å². The molecule has 0 aromatic rings. The Bertz CT molecular complexity index is 278. The number of nitrogens with zero attached hydrogens (tertiary/aromatic N) is 1. The van der Waals surface area contributed by atoms with Gasteiger partial charge in [-0.1, -0.05) is 6.42 Å². The standard InChI is InChI=1S/C13H22F3NO2/c14-13(15,16)12(11-5-3-9-19-11)17-7-2-1-4-10(17)6-8-18/h10-12,18H,1-9H2. The molecule has 2 heterocycles. The fourth-order valence-electron chi connectivity index (χ4n) is 3.31. The van der Waals surface area contributed by atoms with Gasteiger partial charge in [-0.05, 0) is 38.6 Å². The second kappa shape index (κ2) is 6.41. The van der Waals surface area contributed by atoms with Crippen LogP contribution in [-0.4, -0.2) is 54.1 Å². The average Bonchev–Trinajstić information content (AvgIpc) is 2.84. The summed E-state index contributed by atoms with van der Waals surface area (Å²) in [6.07, 6.45) is -0.931. The Hall–Kier alpha value is -0.330. The molecule has 0 saturated carbocycles. The number of alkyl halides is 3. The maximum atomic E-state index is 13.4. The van der Waals surface area contributed by atoms with E-state index in [0.29, 0.717) is 32.4 Å². The SMILES string of the molecule is OCCC1CCCCN1C(C1CCCO1)C(F)(F)F. The van der Waals surface area contributed by atoms with Gasteiger partial charge in [0.05, 0.1) is 6.10 Å². The van der Waals surface area contributed by atoms with E-state index in [2.05, 4.69) is 0 Å². The number of hydrogen-bond acceptors (Lipinski definition) is 3. The van der Waals surface area contributed by atoms with E-state index >= 15 is 0 Å². The number of ether oxygens (including phenoxy) is 1. The van der Waals surface area contributed by atoms with Crippen molar-refractivity contribution in [3.8, 4) is 0 Å². The van der Waals surface area contributed by atoms with E-state index in [9.17, 15) is 13.2 Å². The van der Waals surface area contributed by atoms with Crippen LogP contribution < -0.4 is 0 Å². The quantitative estimate of drug-likeness (QED) is 0.858. The molecule has 112 valence electrons. The first-order valence-electron chi connectivity index (χ1n) is 7.09. The summed E-state index contributed by atoms with van der Waals surface area (Å²) < 4.78 is 45.5. The molecule has 3 unspecified atom stereocenters. The van der Waals surface area contributed by atoms with Gasteiger partial charge in [0, 0.05) is 19.3 Å². The second-order valence-electron chi connectivity index (χ2n) is 5.44. The normalized spacial score (nSPS) is 31.6. The van der Waals surface area contributed by atoms with Gasteiger partial charge in [0.2, 0.25) is 0 Å². The second-order valence-corrected chi connectivity index (χ2v) is 5.44. The van der Waals surface area contributed by atoms with Crippen LogP contribution in [0.4, 0.5) is 13.2 Å². The molecule has 0 aliphatic carbocycles. The Balaban J connectivity index is 2.14. The van der Waals surface area contributed by atoms with Gasteiger partial charge in [0.1, 0.15) is 6.04 Å². The molecule has 2 fully saturated rings. The molecule has 3 atom stereocenters. The Morgan fingerprint density at radius 3 is 2.58 bits per heavy atom. The predicted molar refractivity (Wildman–Crippen MR) is 64.9 cm³/mol. The molecule has 0 bridgehead atoms. The van der Waals surface area contributed by atoms with Gasteiger partial charge in [-0.15, -0.1) is 0 Å². The van der Waals surface area contributed by atoms with Gasteiger partial charge in [-0.2, -0.15) is 13.2 Å². The summed E-state index contributed by atoms with van der Waals surface area (Å²) in [4.78, 5) is 1.54. The minimum absolute atomic E-state index is 0.0583. The van der Waals surface area contributed by atoms with Crippen LogP contribution in [0.25, 0.3) is 0 Å². The fraction of sp³-hybridized carbons (Fsp3) is 1.00. The zero-order chi connectivity index (χ0) is 13.9. The van der Waals surface area contributed by atoms with Crippen LogP contribution in [0, 0.1) is 0 Å². The maximum Gasteiger partial charge on any atom is 0.406 e. The summed E-state index contributed by atoms with van der Waals surface area (Å²) in [6, 6.07) is -1.68. The van der Waals surface area contributed by atoms with E-state index in [1.54, 1.807) is 0 Å². The molecule has 0 aromatic carbocycles. The number of aliphatic hydroxyl groups excluding tert-OH is 1. The first-order valence-corrected chi connectivity index (χ1v) is 7.09. The molecule has 2 aliphatic heterocycles. The van der Waals surface area contributed by atoms with Gasteiger partial charge < -0.3 is 9.84 Å². The third-order valence-corrected chi connectivity index (χ3v) is 4.14. The van der Waals surface area contributed by atoms with E-state index in [1.807, 2.05) is 0 Å². The highest BCUT2D eigenvalue weighted by atomic mass is 19.4. The Labute approximate surface area is 111 Å². The van der Waals surface area contributed by atoms with Crippen LogP contribution in [0.1, 0.15) is 38.5 Å². The van der Waals surface area contributed by atoms with Crippen molar-refractivity contribution in [3.05, 3.63) is 0 Å². The van der Waals surface area contributed by atoms with E-state index in [4.69, 9.17) is 9.84 Å². The minimum atomic E-state index is -4.26. The van der Waals surface area contributed by atoms with E-state index in [1.165, 1.54) is 4.90 Å². The molecule has 3 nitrogen and oxygen atoms in total. The Kier molecular flexibility index (Phi) is 5.09. The number of piperidine rings is 1. The first-order chi connectivity index (χ1) is 9.04. The summed E-state index contributed by atoms with van der Waals surface area (Å²) >= 11 is 0. The Morgan fingerprint density at radius 2 is 2.00 bits per heavy atom. The molecule has 2 rings (SSSR count). The first kappa shape index (κ1) is 15.1. The molecular formula is C13H22F3NO2. The summed E-state index contributed by atoms with van der Waals surface area (Å²) in [7, 11) is 0. The molecule has 0 aromatic heterocycles. The summed E-state index contributed by atoms with van der Waals surface area (Å²) in [5.41, 5.74) is 0. The molecule has 6 heteroatoms. The fourth-order valence-corrected chi connectivity index (χ4v) is 3.31.